The lowest BCUT2D eigenvalue weighted by molar-refractivity contribution is -0.143. The molecule has 0 aliphatic rings. The van der Waals surface area contributed by atoms with Crippen LogP contribution < -0.4 is 0 Å². The Morgan fingerprint density at radius 1 is 1.45 bits per heavy atom. The summed E-state index contributed by atoms with van der Waals surface area (Å²) in [7, 11) is 1.45. The minimum absolute atomic E-state index is 0.151. The highest BCUT2D eigenvalue weighted by molar-refractivity contribution is 5.93. The van der Waals surface area contributed by atoms with Crippen molar-refractivity contribution in [2.24, 2.45) is 0 Å². The largest absolute Gasteiger partial charge is 0.481 e. The average molecular weight is 161 g/mol. The molecule has 64 valence electrons. The first kappa shape index (κ1) is 9.90. The maximum atomic E-state index is 10.8. The predicted molar refractivity (Wildman–Crippen MR) is 37.0 cm³/mol. The molecule has 11 heavy (non-hydrogen) atoms. The Balaban J connectivity index is 3.73. The van der Waals surface area contributed by atoms with E-state index in [0.717, 1.165) is 0 Å². The quantitative estimate of drug-likeness (QED) is 0.514. The highest BCUT2D eigenvalue weighted by Gasteiger charge is 2.11. The van der Waals surface area contributed by atoms with Crippen LogP contribution in [0.15, 0.2) is 0 Å². The highest BCUT2D eigenvalue weighted by Crippen LogP contribution is 1.89. The molecule has 0 spiro atoms. The summed E-state index contributed by atoms with van der Waals surface area (Å²) >= 11 is 0. The van der Waals surface area contributed by atoms with Crippen LogP contribution in [-0.2, 0) is 9.59 Å². The van der Waals surface area contributed by atoms with Gasteiger partial charge in [0.2, 0.25) is 5.91 Å². The summed E-state index contributed by atoms with van der Waals surface area (Å²) < 4.78 is 0. The summed E-state index contributed by atoms with van der Waals surface area (Å²) in [6, 6.07) is 0. The van der Waals surface area contributed by atoms with E-state index in [0.29, 0.717) is 0 Å². The number of rotatable bonds is 4. The number of carbonyl (C=O) groups excluding carboxylic acids is 1. The first-order valence-corrected chi connectivity index (χ1v) is 3.14. The molecule has 0 aromatic heterocycles. The molecule has 0 bridgehead atoms. The molecule has 0 atom stereocenters. The van der Waals surface area contributed by atoms with Crippen LogP contribution >= 0.6 is 0 Å². The van der Waals surface area contributed by atoms with Gasteiger partial charge in [0.1, 0.15) is 6.42 Å². The van der Waals surface area contributed by atoms with Gasteiger partial charge in [-0.05, 0) is 0 Å². The number of carbonyl (C=O) groups is 2. The SMILES string of the molecule is CN(CCO)C(=O)CC(=O)O. The fourth-order valence-corrected chi connectivity index (χ4v) is 0.539. The third-order valence-electron chi connectivity index (χ3n) is 1.16. The van der Waals surface area contributed by atoms with Crippen molar-refractivity contribution in [3.8, 4) is 0 Å². The Bertz CT molecular complexity index is 157. The van der Waals surface area contributed by atoms with Crippen LogP contribution in [0.3, 0.4) is 0 Å². The van der Waals surface area contributed by atoms with Crippen molar-refractivity contribution in [2.45, 2.75) is 6.42 Å². The standard InChI is InChI=1S/C6H11NO4/c1-7(2-3-8)5(9)4-6(10)11/h8H,2-4H2,1H3,(H,10,11). The van der Waals surface area contributed by atoms with E-state index >= 15 is 0 Å². The van der Waals surface area contributed by atoms with Crippen molar-refractivity contribution in [3.63, 3.8) is 0 Å². The molecule has 0 fully saturated rings. The van der Waals surface area contributed by atoms with Crippen molar-refractivity contribution in [2.75, 3.05) is 20.2 Å². The van der Waals surface area contributed by atoms with Gasteiger partial charge in [-0.3, -0.25) is 9.59 Å². The number of aliphatic hydroxyl groups is 1. The van der Waals surface area contributed by atoms with Crippen LogP contribution in [-0.4, -0.2) is 47.2 Å². The molecular formula is C6H11NO4. The van der Waals surface area contributed by atoms with Crippen molar-refractivity contribution in [1.82, 2.24) is 4.90 Å². The van der Waals surface area contributed by atoms with Gasteiger partial charge >= 0.3 is 5.97 Å². The number of hydrogen-bond donors (Lipinski definition) is 2. The maximum Gasteiger partial charge on any atom is 0.312 e. The average Bonchev–Trinajstić information content (AvgIpc) is 1.86. The summed E-state index contributed by atoms with van der Waals surface area (Å²) in [6.07, 6.45) is -0.517. The number of carboxylic acids is 1. The molecule has 0 aliphatic heterocycles. The van der Waals surface area contributed by atoms with E-state index in [2.05, 4.69) is 0 Å². The second kappa shape index (κ2) is 4.68. The molecular weight excluding hydrogens is 150 g/mol. The lowest BCUT2D eigenvalue weighted by atomic mass is 10.4. The molecule has 5 heteroatoms. The number of amides is 1. The van der Waals surface area contributed by atoms with Crippen molar-refractivity contribution in [1.29, 1.82) is 0 Å². The van der Waals surface area contributed by atoms with E-state index in [1.54, 1.807) is 0 Å². The topological polar surface area (TPSA) is 77.8 Å². The van der Waals surface area contributed by atoms with Gasteiger partial charge < -0.3 is 15.1 Å². The second-order valence-electron chi connectivity index (χ2n) is 2.11. The van der Waals surface area contributed by atoms with E-state index in [-0.39, 0.29) is 13.2 Å². The molecule has 1 amide bonds. The van der Waals surface area contributed by atoms with Crippen molar-refractivity contribution >= 4 is 11.9 Å². The number of nitrogens with zero attached hydrogens (tertiary/aromatic N) is 1. The van der Waals surface area contributed by atoms with Gasteiger partial charge in [0.15, 0.2) is 0 Å². The molecule has 0 aromatic carbocycles. The second-order valence-corrected chi connectivity index (χ2v) is 2.11. The lowest BCUT2D eigenvalue weighted by Gasteiger charge is -2.13. The summed E-state index contributed by atoms with van der Waals surface area (Å²) in [5, 5.41) is 16.6. The van der Waals surface area contributed by atoms with E-state index < -0.39 is 18.3 Å². The lowest BCUT2D eigenvalue weighted by Crippen LogP contribution is -2.30. The summed E-state index contributed by atoms with van der Waals surface area (Å²) in [5.74, 6) is -1.65. The molecule has 0 saturated heterocycles. The molecule has 0 aromatic rings. The molecule has 0 rings (SSSR count). The van der Waals surface area contributed by atoms with Gasteiger partial charge in [0.25, 0.3) is 0 Å². The zero-order valence-electron chi connectivity index (χ0n) is 6.28. The minimum atomic E-state index is -1.15. The summed E-state index contributed by atoms with van der Waals surface area (Å²) in [6.45, 7) is 0.0218. The maximum absolute atomic E-state index is 10.8. The van der Waals surface area contributed by atoms with Crippen LogP contribution in [0.2, 0.25) is 0 Å². The molecule has 0 heterocycles. The van der Waals surface area contributed by atoms with Crippen LogP contribution in [0.5, 0.6) is 0 Å². The van der Waals surface area contributed by atoms with Crippen LogP contribution in [0.4, 0.5) is 0 Å². The van der Waals surface area contributed by atoms with Crippen molar-refractivity contribution < 1.29 is 19.8 Å². The minimum Gasteiger partial charge on any atom is -0.481 e. The fourth-order valence-electron chi connectivity index (χ4n) is 0.539. The smallest absolute Gasteiger partial charge is 0.312 e. The Hall–Kier alpha value is -1.10. The van der Waals surface area contributed by atoms with Crippen molar-refractivity contribution in [3.05, 3.63) is 0 Å². The summed E-state index contributed by atoms with van der Waals surface area (Å²) in [5.41, 5.74) is 0. The zero-order valence-corrected chi connectivity index (χ0v) is 6.28. The van der Waals surface area contributed by atoms with Gasteiger partial charge in [0, 0.05) is 13.6 Å². The normalized spacial score (nSPS) is 9.27. The summed E-state index contributed by atoms with van der Waals surface area (Å²) in [4.78, 5) is 22.0. The Morgan fingerprint density at radius 3 is 2.36 bits per heavy atom. The molecule has 2 N–H and O–H groups in total. The van der Waals surface area contributed by atoms with Gasteiger partial charge in [-0.25, -0.2) is 0 Å². The Labute approximate surface area is 64.2 Å². The molecule has 5 nitrogen and oxygen atoms in total. The van der Waals surface area contributed by atoms with Gasteiger partial charge in [-0.15, -0.1) is 0 Å². The first-order chi connectivity index (χ1) is 5.07. The van der Waals surface area contributed by atoms with Gasteiger partial charge in [-0.2, -0.15) is 0 Å². The predicted octanol–water partition coefficient (Wildman–Crippen LogP) is -1.09. The van der Waals surface area contributed by atoms with Crippen LogP contribution in [0.1, 0.15) is 6.42 Å². The number of carboxylic acid groups (broad SMARTS) is 1. The number of aliphatic carboxylic acids is 1. The van der Waals surface area contributed by atoms with E-state index in [4.69, 9.17) is 10.2 Å². The van der Waals surface area contributed by atoms with Crippen LogP contribution in [0, 0.1) is 0 Å². The number of likely N-dealkylation sites (N-methyl/N-ethyl adjacent to an activating group) is 1. The highest BCUT2D eigenvalue weighted by atomic mass is 16.4. The first-order valence-electron chi connectivity index (χ1n) is 3.14. The third kappa shape index (κ3) is 4.32. The third-order valence-corrected chi connectivity index (χ3v) is 1.16. The molecule has 0 aliphatic carbocycles. The number of hydrogen-bond acceptors (Lipinski definition) is 3. The fraction of sp³-hybridized carbons (Fsp3) is 0.667. The number of aliphatic hydroxyl groups excluding tert-OH is 1. The van der Waals surface area contributed by atoms with Crippen LogP contribution in [0.25, 0.3) is 0 Å². The Kier molecular flexibility index (Phi) is 4.21. The molecule has 0 radical (unpaired) electrons. The van der Waals surface area contributed by atoms with E-state index in [1.807, 2.05) is 0 Å². The van der Waals surface area contributed by atoms with Gasteiger partial charge in [0.05, 0.1) is 6.61 Å². The van der Waals surface area contributed by atoms with E-state index in [9.17, 15) is 9.59 Å². The molecule has 0 saturated carbocycles. The monoisotopic (exact) mass is 161 g/mol. The zero-order chi connectivity index (χ0) is 8.85. The van der Waals surface area contributed by atoms with E-state index in [1.165, 1.54) is 11.9 Å². The molecule has 0 unspecified atom stereocenters. The van der Waals surface area contributed by atoms with Gasteiger partial charge in [-0.1, -0.05) is 0 Å². The Morgan fingerprint density at radius 2 is 2.00 bits per heavy atom.